The van der Waals surface area contributed by atoms with E-state index in [1.54, 1.807) is 7.11 Å². The topological polar surface area (TPSA) is 73.4 Å². The molecular weight excluding hydrogens is 364 g/mol. The van der Waals surface area contributed by atoms with Crippen molar-refractivity contribution in [3.8, 4) is 22.7 Å². The van der Waals surface area contributed by atoms with E-state index < -0.39 is 0 Å². The Balaban J connectivity index is 1.66. The fraction of sp³-hybridized carbons (Fsp3) is 0.304. The van der Waals surface area contributed by atoms with E-state index in [0.717, 1.165) is 47.6 Å². The molecule has 0 spiro atoms. The normalized spacial score (nSPS) is 16.6. The maximum atomic E-state index is 13.0. The van der Waals surface area contributed by atoms with Gasteiger partial charge in [-0.2, -0.15) is 5.10 Å². The second-order valence-electron chi connectivity index (χ2n) is 7.43. The Bertz CT molecular complexity index is 966. The molecule has 2 N–H and O–H groups in total. The highest BCUT2D eigenvalue weighted by molar-refractivity contribution is 5.81. The third-order valence-electron chi connectivity index (χ3n) is 5.33. The van der Waals surface area contributed by atoms with Crippen molar-refractivity contribution in [1.29, 1.82) is 0 Å². The molecule has 2 heterocycles. The van der Waals surface area contributed by atoms with Crippen LogP contribution in [0.5, 0.6) is 5.75 Å². The molecule has 4 rings (SSSR count). The van der Waals surface area contributed by atoms with Gasteiger partial charge >= 0.3 is 0 Å². The number of nitrogens with zero attached hydrogens (tertiary/aromatic N) is 3. The number of carbonyl (C=O) groups is 1. The summed E-state index contributed by atoms with van der Waals surface area (Å²) in [4.78, 5) is 14.8. The molecule has 0 radical (unpaired) electrons. The predicted octanol–water partition coefficient (Wildman–Crippen LogP) is 3.04. The van der Waals surface area contributed by atoms with Crippen LogP contribution in [0.25, 0.3) is 16.9 Å². The molecule has 6 nitrogen and oxygen atoms in total. The van der Waals surface area contributed by atoms with Crippen LogP contribution in [-0.4, -0.2) is 46.8 Å². The van der Waals surface area contributed by atoms with Gasteiger partial charge in [0.05, 0.1) is 24.9 Å². The standard InChI is InChI=1S/C23H26N4O2/c1-29-21-11-9-17(10-12-21)23-18(14-22(28)26-13-5-6-19(24)16-26)15-27(25-23)20-7-3-2-4-8-20/h2-4,7-12,15,19H,5-6,13-14,16,24H2,1H3. The summed E-state index contributed by atoms with van der Waals surface area (Å²) in [5, 5.41) is 4.80. The molecule has 6 heteroatoms. The van der Waals surface area contributed by atoms with Gasteiger partial charge in [0.15, 0.2) is 0 Å². The fourth-order valence-corrected chi connectivity index (χ4v) is 3.76. The van der Waals surface area contributed by atoms with E-state index in [9.17, 15) is 4.79 Å². The van der Waals surface area contributed by atoms with Crippen molar-refractivity contribution in [3.63, 3.8) is 0 Å². The smallest absolute Gasteiger partial charge is 0.227 e. The first kappa shape index (κ1) is 19.2. The predicted molar refractivity (Wildman–Crippen MR) is 113 cm³/mol. The van der Waals surface area contributed by atoms with Gasteiger partial charge in [-0.25, -0.2) is 4.68 Å². The zero-order valence-corrected chi connectivity index (χ0v) is 16.6. The van der Waals surface area contributed by atoms with E-state index in [4.69, 9.17) is 15.6 Å². The van der Waals surface area contributed by atoms with E-state index in [-0.39, 0.29) is 11.9 Å². The number of hydrogen-bond donors (Lipinski definition) is 1. The molecule has 29 heavy (non-hydrogen) atoms. The van der Waals surface area contributed by atoms with Crippen LogP contribution in [0.1, 0.15) is 18.4 Å². The quantitative estimate of drug-likeness (QED) is 0.727. The number of piperidine rings is 1. The Kier molecular flexibility index (Phi) is 5.62. The number of likely N-dealkylation sites (tertiary alicyclic amines) is 1. The van der Waals surface area contributed by atoms with Gasteiger partial charge in [-0.15, -0.1) is 0 Å². The Morgan fingerprint density at radius 2 is 1.93 bits per heavy atom. The van der Waals surface area contributed by atoms with Crippen LogP contribution in [0.4, 0.5) is 0 Å². The summed E-state index contributed by atoms with van der Waals surface area (Å²) in [5.74, 6) is 0.888. The van der Waals surface area contributed by atoms with Crippen LogP contribution in [0.15, 0.2) is 60.8 Å². The van der Waals surface area contributed by atoms with Crippen molar-refractivity contribution in [2.75, 3.05) is 20.2 Å². The molecule has 1 aromatic heterocycles. The third kappa shape index (κ3) is 4.32. The van der Waals surface area contributed by atoms with Crippen molar-refractivity contribution in [1.82, 2.24) is 14.7 Å². The van der Waals surface area contributed by atoms with Crippen LogP contribution in [0.2, 0.25) is 0 Å². The summed E-state index contributed by atoms with van der Waals surface area (Å²) < 4.78 is 7.10. The van der Waals surface area contributed by atoms with Gasteiger partial charge in [-0.05, 0) is 49.2 Å². The summed E-state index contributed by atoms with van der Waals surface area (Å²) in [7, 11) is 1.65. The van der Waals surface area contributed by atoms with Crippen LogP contribution in [0, 0.1) is 0 Å². The highest BCUT2D eigenvalue weighted by atomic mass is 16.5. The summed E-state index contributed by atoms with van der Waals surface area (Å²) in [5.41, 5.74) is 9.70. The van der Waals surface area contributed by atoms with Crippen LogP contribution >= 0.6 is 0 Å². The first-order valence-electron chi connectivity index (χ1n) is 9.96. The molecule has 1 unspecified atom stereocenters. The Morgan fingerprint density at radius 3 is 2.62 bits per heavy atom. The van der Waals surface area contributed by atoms with Crippen LogP contribution in [-0.2, 0) is 11.2 Å². The lowest BCUT2D eigenvalue weighted by Crippen LogP contribution is -2.46. The molecule has 3 aromatic rings. The Hall–Kier alpha value is -3.12. The van der Waals surface area contributed by atoms with Crippen molar-refractivity contribution in [2.24, 2.45) is 5.73 Å². The Morgan fingerprint density at radius 1 is 1.17 bits per heavy atom. The number of ether oxygens (including phenoxy) is 1. The van der Waals surface area contributed by atoms with Gasteiger partial charge in [0.25, 0.3) is 0 Å². The van der Waals surface area contributed by atoms with Gasteiger partial charge in [0.1, 0.15) is 5.75 Å². The van der Waals surface area contributed by atoms with Crippen molar-refractivity contribution < 1.29 is 9.53 Å². The van der Waals surface area contributed by atoms with Crippen molar-refractivity contribution in [3.05, 3.63) is 66.4 Å². The molecule has 0 aliphatic carbocycles. The maximum Gasteiger partial charge on any atom is 0.227 e. The lowest BCUT2D eigenvalue weighted by molar-refractivity contribution is -0.131. The third-order valence-corrected chi connectivity index (χ3v) is 5.33. The average Bonchev–Trinajstić information content (AvgIpc) is 3.18. The maximum absolute atomic E-state index is 13.0. The number of benzene rings is 2. The second-order valence-corrected chi connectivity index (χ2v) is 7.43. The number of carbonyl (C=O) groups excluding carboxylic acids is 1. The van der Waals surface area contributed by atoms with Gasteiger partial charge in [-0.3, -0.25) is 4.79 Å². The number of nitrogens with two attached hydrogens (primary N) is 1. The lowest BCUT2D eigenvalue weighted by atomic mass is 10.0. The number of methoxy groups -OCH3 is 1. The number of aromatic nitrogens is 2. The zero-order chi connectivity index (χ0) is 20.2. The molecule has 0 saturated carbocycles. The monoisotopic (exact) mass is 390 g/mol. The number of amides is 1. The summed E-state index contributed by atoms with van der Waals surface area (Å²) >= 11 is 0. The number of hydrogen-bond acceptors (Lipinski definition) is 4. The van der Waals surface area contributed by atoms with Gasteiger partial charge in [0.2, 0.25) is 5.91 Å². The summed E-state index contributed by atoms with van der Waals surface area (Å²) in [6, 6.07) is 17.8. The molecule has 1 fully saturated rings. The molecule has 0 bridgehead atoms. The number of para-hydroxylation sites is 1. The van der Waals surface area contributed by atoms with E-state index >= 15 is 0 Å². The van der Waals surface area contributed by atoms with Gasteiger partial charge < -0.3 is 15.4 Å². The van der Waals surface area contributed by atoms with Crippen molar-refractivity contribution >= 4 is 5.91 Å². The molecule has 1 aliphatic rings. The largest absolute Gasteiger partial charge is 0.497 e. The molecule has 1 amide bonds. The highest BCUT2D eigenvalue weighted by Gasteiger charge is 2.23. The highest BCUT2D eigenvalue weighted by Crippen LogP contribution is 2.27. The minimum absolute atomic E-state index is 0.0702. The van der Waals surface area contributed by atoms with E-state index in [1.807, 2.05) is 70.4 Å². The summed E-state index contributed by atoms with van der Waals surface area (Å²) in [6.07, 6.45) is 4.20. The minimum Gasteiger partial charge on any atom is -0.497 e. The van der Waals surface area contributed by atoms with Gasteiger partial charge in [-0.1, -0.05) is 18.2 Å². The van der Waals surface area contributed by atoms with Crippen LogP contribution in [0.3, 0.4) is 0 Å². The molecule has 1 saturated heterocycles. The molecule has 1 atom stereocenters. The molecule has 150 valence electrons. The molecule has 1 aliphatic heterocycles. The van der Waals surface area contributed by atoms with E-state index in [1.165, 1.54) is 0 Å². The molecule has 2 aromatic carbocycles. The van der Waals surface area contributed by atoms with E-state index in [0.29, 0.717) is 13.0 Å². The SMILES string of the molecule is COc1ccc(-c2nn(-c3ccccc3)cc2CC(=O)N2CCCC(N)C2)cc1. The lowest BCUT2D eigenvalue weighted by Gasteiger charge is -2.30. The van der Waals surface area contributed by atoms with Crippen LogP contribution < -0.4 is 10.5 Å². The van der Waals surface area contributed by atoms with Gasteiger partial charge in [0, 0.05) is 36.5 Å². The average molecular weight is 390 g/mol. The van der Waals surface area contributed by atoms with Crippen molar-refractivity contribution in [2.45, 2.75) is 25.3 Å². The van der Waals surface area contributed by atoms with E-state index in [2.05, 4.69) is 0 Å². The molecular formula is C23H26N4O2. The summed E-state index contributed by atoms with van der Waals surface area (Å²) in [6.45, 7) is 1.40. The zero-order valence-electron chi connectivity index (χ0n) is 16.6. The number of rotatable bonds is 5. The first-order valence-corrected chi connectivity index (χ1v) is 9.96. The Labute approximate surface area is 170 Å². The fourth-order valence-electron chi connectivity index (χ4n) is 3.76. The minimum atomic E-state index is 0.0702. The second kappa shape index (κ2) is 8.49. The first-order chi connectivity index (χ1) is 14.1.